The number of amides is 2. The van der Waals surface area contributed by atoms with E-state index in [4.69, 9.17) is 28.0 Å². The Hall–Kier alpha value is -3.02. The van der Waals surface area contributed by atoms with Crippen LogP contribution in [0.1, 0.15) is 36.5 Å². The number of anilines is 1. The Bertz CT molecular complexity index is 1450. The first-order chi connectivity index (χ1) is 19.7. The van der Waals surface area contributed by atoms with Crippen LogP contribution in [0, 0.1) is 0 Å². The van der Waals surface area contributed by atoms with Crippen LogP contribution >= 0.6 is 35.6 Å². The fourth-order valence-electron chi connectivity index (χ4n) is 4.59. The maximum absolute atomic E-state index is 13.7. The third-order valence-corrected chi connectivity index (χ3v) is 8.83. The molecule has 1 aliphatic heterocycles. The largest absolute Gasteiger partial charge is 0.363 e. The van der Waals surface area contributed by atoms with Crippen LogP contribution in [-0.2, 0) is 14.8 Å². The molecule has 1 saturated heterocycles. The molecule has 1 fully saturated rings. The van der Waals surface area contributed by atoms with E-state index in [0.717, 1.165) is 30.4 Å². The zero-order valence-electron chi connectivity index (χ0n) is 23.0. The van der Waals surface area contributed by atoms with Gasteiger partial charge < -0.3 is 20.4 Å². The highest BCUT2D eigenvalue weighted by Crippen LogP contribution is 2.32. The highest BCUT2D eigenvalue weighted by Gasteiger charge is 2.29. The maximum atomic E-state index is 13.7. The van der Waals surface area contributed by atoms with Crippen molar-refractivity contribution in [2.24, 2.45) is 0 Å². The molecule has 1 heterocycles. The number of rotatable bonds is 11. The van der Waals surface area contributed by atoms with Crippen molar-refractivity contribution >= 4 is 63.1 Å². The second kappa shape index (κ2) is 15.5. The SMILES string of the molecule is CCN(C(=O)CCNC(=O)c1ccc(S(=O)(=O)N(Oc2ccc(Cl)cc2Cl)c2ccccc2)cc1)C1CCNCC1.Cl. The first-order valence-corrected chi connectivity index (χ1v) is 15.5. The number of para-hydroxylation sites is 1. The van der Waals surface area contributed by atoms with Gasteiger partial charge in [-0.1, -0.05) is 45.9 Å². The standard InChI is InChI=1S/C29H32Cl2N4O5S.ClH/c1-2-34(23-14-17-32-18-15-23)28(36)16-19-33-29(37)21-8-11-25(12-9-21)41(38,39)35(24-6-4-3-5-7-24)40-27-13-10-22(30)20-26(27)31;/h3-13,20,23,32H,2,14-19H2,1H3,(H,33,37);1H. The topological polar surface area (TPSA) is 108 Å². The summed E-state index contributed by atoms with van der Waals surface area (Å²) < 4.78 is 28.1. The van der Waals surface area contributed by atoms with Gasteiger partial charge in [0.2, 0.25) is 5.91 Å². The number of halogens is 3. The van der Waals surface area contributed by atoms with E-state index in [2.05, 4.69) is 10.6 Å². The van der Waals surface area contributed by atoms with Crippen LogP contribution in [0.5, 0.6) is 5.75 Å². The summed E-state index contributed by atoms with van der Waals surface area (Å²) in [5.74, 6) is -0.311. The van der Waals surface area contributed by atoms with Crippen LogP contribution in [0.15, 0.2) is 77.7 Å². The van der Waals surface area contributed by atoms with Gasteiger partial charge in [0.05, 0.1) is 15.6 Å². The van der Waals surface area contributed by atoms with Gasteiger partial charge in [-0.05, 0) is 87.5 Å². The second-order valence-electron chi connectivity index (χ2n) is 9.42. The molecule has 9 nitrogen and oxygen atoms in total. The Morgan fingerprint density at radius 3 is 2.29 bits per heavy atom. The van der Waals surface area contributed by atoms with Crippen molar-refractivity contribution in [3.8, 4) is 5.75 Å². The van der Waals surface area contributed by atoms with Crippen LogP contribution < -0.4 is 19.9 Å². The van der Waals surface area contributed by atoms with Gasteiger partial charge >= 0.3 is 0 Å². The van der Waals surface area contributed by atoms with Crippen molar-refractivity contribution in [1.29, 1.82) is 0 Å². The van der Waals surface area contributed by atoms with E-state index in [0.29, 0.717) is 11.6 Å². The number of hydrogen-bond donors (Lipinski definition) is 2. The van der Waals surface area contributed by atoms with Crippen LogP contribution in [-0.4, -0.2) is 57.4 Å². The highest BCUT2D eigenvalue weighted by molar-refractivity contribution is 7.92. The van der Waals surface area contributed by atoms with E-state index < -0.39 is 15.9 Å². The average molecular weight is 656 g/mol. The van der Waals surface area contributed by atoms with E-state index in [9.17, 15) is 18.0 Å². The van der Waals surface area contributed by atoms with Crippen molar-refractivity contribution in [3.05, 3.63) is 88.4 Å². The number of nitrogens with zero attached hydrogens (tertiary/aromatic N) is 2. The third kappa shape index (κ3) is 8.29. The van der Waals surface area contributed by atoms with E-state index in [1.165, 1.54) is 42.5 Å². The minimum absolute atomic E-state index is 0. The van der Waals surface area contributed by atoms with Crippen molar-refractivity contribution in [1.82, 2.24) is 15.5 Å². The van der Waals surface area contributed by atoms with Crippen molar-refractivity contribution in [3.63, 3.8) is 0 Å². The molecule has 3 aromatic carbocycles. The van der Waals surface area contributed by atoms with Crippen molar-refractivity contribution in [2.75, 3.05) is 30.6 Å². The number of sulfonamides is 1. The lowest BCUT2D eigenvalue weighted by atomic mass is 10.0. The summed E-state index contributed by atoms with van der Waals surface area (Å²) in [5.41, 5.74) is 0.505. The number of hydrogen-bond acceptors (Lipinski definition) is 6. The summed E-state index contributed by atoms with van der Waals surface area (Å²) in [5, 5.41) is 6.56. The van der Waals surface area contributed by atoms with E-state index in [1.54, 1.807) is 30.3 Å². The number of carbonyl (C=O) groups excluding carboxylic acids is 2. The number of piperidine rings is 1. The first kappa shape index (κ1) is 33.5. The van der Waals surface area contributed by atoms with Crippen LogP contribution in [0.2, 0.25) is 10.0 Å². The van der Waals surface area contributed by atoms with Gasteiger partial charge in [0.1, 0.15) is 0 Å². The Labute approximate surface area is 262 Å². The zero-order valence-corrected chi connectivity index (χ0v) is 26.1. The van der Waals surface area contributed by atoms with Gasteiger partial charge in [-0.25, -0.2) is 0 Å². The predicted molar refractivity (Wildman–Crippen MR) is 167 cm³/mol. The van der Waals surface area contributed by atoms with Gasteiger partial charge in [0, 0.05) is 36.1 Å². The van der Waals surface area contributed by atoms with Crippen molar-refractivity contribution < 1.29 is 22.8 Å². The molecule has 0 spiro atoms. The smallest absolute Gasteiger partial charge is 0.295 e. The Morgan fingerprint density at radius 1 is 1.00 bits per heavy atom. The van der Waals surface area contributed by atoms with E-state index in [1.807, 2.05) is 11.8 Å². The van der Waals surface area contributed by atoms with E-state index in [-0.39, 0.29) is 64.2 Å². The van der Waals surface area contributed by atoms with Gasteiger partial charge in [-0.2, -0.15) is 8.42 Å². The molecule has 226 valence electrons. The molecule has 0 aliphatic carbocycles. The van der Waals surface area contributed by atoms with E-state index >= 15 is 0 Å². The Kier molecular flexibility index (Phi) is 12.3. The quantitative estimate of drug-likeness (QED) is 0.271. The molecule has 2 amide bonds. The maximum Gasteiger partial charge on any atom is 0.295 e. The molecule has 0 bridgehead atoms. The third-order valence-electron chi connectivity index (χ3n) is 6.71. The van der Waals surface area contributed by atoms with Gasteiger partial charge in [0.25, 0.3) is 15.9 Å². The van der Waals surface area contributed by atoms with Gasteiger partial charge in [0.15, 0.2) is 5.75 Å². The summed E-state index contributed by atoms with van der Waals surface area (Å²) in [6, 6.07) is 18.4. The minimum Gasteiger partial charge on any atom is -0.363 e. The van der Waals surface area contributed by atoms with Gasteiger partial charge in [-0.3, -0.25) is 9.59 Å². The summed E-state index contributed by atoms with van der Waals surface area (Å²) in [4.78, 5) is 33.0. The minimum atomic E-state index is -4.24. The molecular formula is C29H33Cl3N4O5S. The molecular weight excluding hydrogens is 623 g/mol. The molecule has 0 radical (unpaired) electrons. The molecule has 1 aliphatic rings. The lowest BCUT2D eigenvalue weighted by Gasteiger charge is -2.34. The van der Waals surface area contributed by atoms with Gasteiger partial charge in [-0.15, -0.1) is 12.4 Å². The van der Waals surface area contributed by atoms with Crippen molar-refractivity contribution in [2.45, 2.75) is 37.1 Å². The highest BCUT2D eigenvalue weighted by atomic mass is 35.5. The lowest BCUT2D eigenvalue weighted by Crippen LogP contribution is -2.46. The first-order valence-electron chi connectivity index (χ1n) is 13.3. The molecule has 13 heteroatoms. The van der Waals surface area contributed by atoms with Crippen LogP contribution in [0.25, 0.3) is 0 Å². The number of nitrogens with one attached hydrogen (secondary N) is 2. The Balaban J connectivity index is 0.00000484. The normalized spacial score (nSPS) is 13.5. The Morgan fingerprint density at radius 2 is 1.67 bits per heavy atom. The summed E-state index contributed by atoms with van der Waals surface area (Å²) in [6.45, 7) is 4.54. The molecule has 0 unspecified atom stereocenters. The lowest BCUT2D eigenvalue weighted by molar-refractivity contribution is -0.133. The predicted octanol–water partition coefficient (Wildman–Crippen LogP) is 5.32. The molecule has 3 aromatic rings. The second-order valence-corrected chi connectivity index (χ2v) is 12.0. The summed E-state index contributed by atoms with van der Waals surface area (Å²) >= 11 is 12.2. The summed E-state index contributed by atoms with van der Waals surface area (Å²) in [6.07, 6.45) is 2.02. The number of carbonyl (C=O) groups is 2. The molecule has 4 rings (SSSR count). The molecule has 0 saturated carbocycles. The average Bonchev–Trinajstić information content (AvgIpc) is 2.98. The molecule has 2 N–H and O–H groups in total. The monoisotopic (exact) mass is 654 g/mol. The zero-order chi connectivity index (χ0) is 29.4. The molecule has 0 aromatic heterocycles. The van der Waals surface area contributed by atoms with Crippen LogP contribution in [0.3, 0.4) is 0 Å². The fourth-order valence-corrected chi connectivity index (χ4v) is 6.28. The number of benzene rings is 3. The van der Waals surface area contributed by atoms with Crippen LogP contribution in [0.4, 0.5) is 5.69 Å². The summed E-state index contributed by atoms with van der Waals surface area (Å²) in [7, 11) is -4.24. The molecule has 42 heavy (non-hydrogen) atoms. The molecule has 0 atom stereocenters. The fraction of sp³-hybridized carbons (Fsp3) is 0.310.